The van der Waals surface area contributed by atoms with Crippen LogP contribution in [-0.2, 0) is 11.2 Å². The third-order valence-corrected chi connectivity index (χ3v) is 4.28. The number of morpholine rings is 1. The number of nitrogens with two attached hydrogens (primary N) is 1. The van der Waals surface area contributed by atoms with Crippen LogP contribution in [0.5, 0.6) is 0 Å². The molecule has 0 radical (unpaired) electrons. The van der Waals surface area contributed by atoms with Crippen LogP contribution in [-0.4, -0.2) is 40.4 Å². The fourth-order valence-corrected chi connectivity index (χ4v) is 3.01. The molecule has 7 nitrogen and oxygen atoms in total. The molecule has 1 saturated heterocycles. The van der Waals surface area contributed by atoms with Crippen molar-refractivity contribution in [3.05, 3.63) is 40.4 Å². The van der Waals surface area contributed by atoms with Gasteiger partial charge >= 0.3 is 0 Å². The molecule has 1 aliphatic heterocycles. The summed E-state index contributed by atoms with van der Waals surface area (Å²) in [6, 6.07) is 3.71. The lowest BCUT2D eigenvalue weighted by atomic mass is 10.2. The second kappa shape index (κ2) is 7.29. The molecule has 0 spiro atoms. The zero-order chi connectivity index (χ0) is 17.1. The molecule has 0 aliphatic carbocycles. The predicted molar refractivity (Wildman–Crippen MR) is 90.4 cm³/mol. The summed E-state index contributed by atoms with van der Waals surface area (Å²) >= 11 is 6.27. The van der Waals surface area contributed by atoms with Gasteiger partial charge in [0.05, 0.1) is 34.9 Å². The van der Waals surface area contributed by atoms with Crippen molar-refractivity contribution in [1.29, 1.82) is 0 Å². The number of carbonyl (C=O) groups is 1. The minimum atomic E-state index is -0.612. The first-order valence-electron chi connectivity index (χ1n) is 7.97. The largest absolute Gasteiger partial charge is 0.369 e. The summed E-state index contributed by atoms with van der Waals surface area (Å²) in [6.45, 7) is 4.26. The van der Waals surface area contributed by atoms with Crippen molar-refractivity contribution in [2.24, 2.45) is 5.73 Å². The molecule has 0 saturated carbocycles. The lowest BCUT2D eigenvalue weighted by Gasteiger charge is -2.23. The van der Waals surface area contributed by atoms with E-state index in [1.807, 2.05) is 19.1 Å². The van der Waals surface area contributed by atoms with Gasteiger partial charge in [0.2, 0.25) is 0 Å². The van der Waals surface area contributed by atoms with Gasteiger partial charge in [0.1, 0.15) is 6.10 Å². The number of ether oxygens (including phenoxy) is 1. The molecule has 128 valence electrons. The first-order chi connectivity index (χ1) is 11.6. The Bertz CT molecular complexity index is 723. The Morgan fingerprint density at radius 1 is 1.54 bits per heavy atom. The van der Waals surface area contributed by atoms with Gasteiger partial charge in [0.15, 0.2) is 5.69 Å². The molecule has 1 amide bonds. The van der Waals surface area contributed by atoms with Crippen LogP contribution in [0, 0.1) is 0 Å². The van der Waals surface area contributed by atoms with E-state index in [9.17, 15) is 4.79 Å². The number of rotatable bonds is 5. The van der Waals surface area contributed by atoms with Crippen LogP contribution in [0.4, 0.5) is 0 Å². The second-order valence-electron chi connectivity index (χ2n) is 5.64. The SMILES string of the molecule is CCCc1nn(-c2ccc(C3CNCCO3)nc2)c(C(N)=O)c1Cl. The van der Waals surface area contributed by atoms with Gasteiger partial charge in [-0.1, -0.05) is 24.9 Å². The van der Waals surface area contributed by atoms with Crippen molar-refractivity contribution < 1.29 is 9.53 Å². The minimum absolute atomic E-state index is 0.0692. The van der Waals surface area contributed by atoms with E-state index in [1.165, 1.54) is 4.68 Å². The first-order valence-corrected chi connectivity index (χ1v) is 8.35. The van der Waals surface area contributed by atoms with Crippen LogP contribution < -0.4 is 11.1 Å². The van der Waals surface area contributed by atoms with Gasteiger partial charge in [0, 0.05) is 13.1 Å². The number of hydrogen-bond donors (Lipinski definition) is 2. The van der Waals surface area contributed by atoms with Crippen molar-refractivity contribution in [1.82, 2.24) is 20.1 Å². The number of carbonyl (C=O) groups excluding carboxylic acids is 1. The number of aromatic nitrogens is 3. The quantitative estimate of drug-likeness (QED) is 0.855. The van der Waals surface area contributed by atoms with Crippen molar-refractivity contribution >= 4 is 17.5 Å². The van der Waals surface area contributed by atoms with Gasteiger partial charge in [-0.2, -0.15) is 5.10 Å². The molecular formula is C16H20ClN5O2. The van der Waals surface area contributed by atoms with Crippen LogP contribution in [0.2, 0.25) is 5.02 Å². The normalized spacial score (nSPS) is 17.8. The monoisotopic (exact) mass is 349 g/mol. The van der Waals surface area contributed by atoms with Crippen molar-refractivity contribution in [3.8, 4) is 5.69 Å². The Labute approximate surface area is 145 Å². The summed E-state index contributed by atoms with van der Waals surface area (Å²) in [5.74, 6) is -0.612. The molecule has 8 heteroatoms. The Morgan fingerprint density at radius 2 is 2.38 bits per heavy atom. The Hall–Kier alpha value is -1.96. The number of pyridine rings is 1. The fourth-order valence-electron chi connectivity index (χ4n) is 2.71. The number of nitrogens with one attached hydrogen (secondary N) is 1. The lowest BCUT2D eigenvalue weighted by molar-refractivity contribution is 0.0250. The van der Waals surface area contributed by atoms with Crippen LogP contribution in [0.15, 0.2) is 18.3 Å². The molecule has 1 atom stereocenters. The maximum Gasteiger partial charge on any atom is 0.269 e. The first kappa shape index (κ1) is 16.9. The number of hydrogen-bond acceptors (Lipinski definition) is 5. The van der Waals surface area contributed by atoms with E-state index in [0.29, 0.717) is 29.4 Å². The van der Waals surface area contributed by atoms with Crippen LogP contribution in [0.1, 0.15) is 41.3 Å². The molecule has 3 N–H and O–H groups in total. The van der Waals surface area contributed by atoms with E-state index < -0.39 is 5.91 Å². The summed E-state index contributed by atoms with van der Waals surface area (Å²) in [5.41, 5.74) is 7.80. The average molecular weight is 350 g/mol. The molecule has 1 fully saturated rings. The predicted octanol–water partition coefficient (Wildman–Crippen LogP) is 1.63. The van der Waals surface area contributed by atoms with Crippen molar-refractivity contribution in [2.45, 2.75) is 25.9 Å². The zero-order valence-corrected chi connectivity index (χ0v) is 14.2. The maximum absolute atomic E-state index is 11.8. The summed E-state index contributed by atoms with van der Waals surface area (Å²) in [7, 11) is 0. The minimum Gasteiger partial charge on any atom is -0.369 e. The van der Waals surface area contributed by atoms with Crippen LogP contribution in [0.25, 0.3) is 5.69 Å². The smallest absolute Gasteiger partial charge is 0.269 e. The van der Waals surface area contributed by atoms with E-state index in [-0.39, 0.29) is 11.8 Å². The topological polar surface area (TPSA) is 95.1 Å². The molecule has 0 aromatic carbocycles. The number of nitrogens with zero attached hydrogens (tertiary/aromatic N) is 3. The number of amides is 1. The highest BCUT2D eigenvalue weighted by Gasteiger charge is 2.22. The standard InChI is InChI=1S/C16H20ClN5O2/c1-2-3-12-14(17)15(16(18)23)22(21-12)10-4-5-11(20-8-10)13-9-19-6-7-24-13/h4-5,8,13,19H,2-3,6-7,9H2,1H3,(H2,18,23). The summed E-state index contributed by atoms with van der Waals surface area (Å²) < 4.78 is 7.15. The Morgan fingerprint density at radius 3 is 2.96 bits per heavy atom. The van der Waals surface area contributed by atoms with Gasteiger partial charge in [-0.25, -0.2) is 4.68 Å². The molecule has 0 bridgehead atoms. The van der Waals surface area contributed by atoms with Gasteiger partial charge in [-0.15, -0.1) is 0 Å². The van der Waals surface area contributed by atoms with E-state index in [4.69, 9.17) is 22.1 Å². The molecule has 3 rings (SSSR count). The van der Waals surface area contributed by atoms with E-state index in [1.54, 1.807) is 6.20 Å². The molecule has 2 aromatic rings. The molecule has 1 unspecified atom stereocenters. The van der Waals surface area contributed by atoms with E-state index >= 15 is 0 Å². The summed E-state index contributed by atoms with van der Waals surface area (Å²) in [5, 5.41) is 8.01. The molecule has 24 heavy (non-hydrogen) atoms. The van der Waals surface area contributed by atoms with Crippen molar-refractivity contribution in [2.75, 3.05) is 19.7 Å². The second-order valence-corrected chi connectivity index (χ2v) is 6.02. The third kappa shape index (κ3) is 3.28. The third-order valence-electron chi connectivity index (χ3n) is 3.89. The zero-order valence-electron chi connectivity index (χ0n) is 13.5. The molecule has 1 aliphatic rings. The van der Waals surface area contributed by atoms with Crippen LogP contribution >= 0.6 is 11.6 Å². The fraction of sp³-hybridized carbons (Fsp3) is 0.438. The molecule has 2 aromatic heterocycles. The Balaban J connectivity index is 1.93. The van der Waals surface area contributed by atoms with Crippen molar-refractivity contribution in [3.63, 3.8) is 0 Å². The highest BCUT2D eigenvalue weighted by atomic mass is 35.5. The summed E-state index contributed by atoms with van der Waals surface area (Å²) in [4.78, 5) is 16.2. The highest BCUT2D eigenvalue weighted by Crippen LogP contribution is 2.25. The number of aryl methyl sites for hydroxylation is 1. The lowest BCUT2D eigenvalue weighted by Crippen LogP contribution is -2.33. The number of halogens is 1. The van der Waals surface area contributed by atoms with E-state index in [2.05, 4.69) is 15.4 Å². The van der Waals surface area contributed by atoms with Gasteiger partial charge in [0.25, 0.3) is 5.91 Å². The van der Waals surface area contributed by atoms with Crippen LogP contribution in [0.3, 0.4) is 0 Å². The number of primary amides is 1. The Kier molecular flexibility index (Phi) is 5.13. The maximum atomic E-state index is 11.8. The summed E-state index contributed by atoms with van der Waals surface area (Å²) in [6.07, 6.45) is 3.14. The average Bonchev–Trinajstić information content (AvgIpc) is 2.93. The van der Waals surface area contributed by atoms with E-state index in [0.717, 1.165) is 25.2 Å². The van der Waals surface area contributed by atoms with Gasteiger partial charge in [-0.05, 0) is 18.6 Å². The van der Waals surface area contributed by atoms with Gasteiger partial charge in [-0.3, -0.25) is 9.78 Å². The molecular weight excluding hydrogens is 330 g/mol. The van der Waals surface area contributed by atoms with Gasteiger partial charge < -0.3 is 15.8 Å². The highest BCUT2D eigenvalue weighted by molar-refractivity contribution is 6.34. The molecule has 3 heterocycles.